The van der Waals surface area contributed by atoms with E-state index in [1.807, 2.05) is 29.2 Å². The highest BCUT2D eigenvalue weighted by molar-refractivity contribution is 8.00. The topological polar surface area (TPSA) is 29.5 Å². The summed E-state index contributed by atoms with van der Waals surface area (Å²) < 4.78 is 5.87. The molecule has 1 fully saturated rings. The van der Waals surface area contributed by atoms with E-state index in [0.717, 1.165) is 11.3 Å². The van der Waals surface area contributed by atoms with Crippen molar-refractivity contribution in [3.05, 3.63) is 99.9 Å². The molecule has 1 unspecified atom stereocenters. The SMILES string of the molecule is O=C1CSC(c2ccc(-c3cccs3)cc2)N1c1ccc(Oc2ccc(Cl)cc2Cl)cc1. The van der Waals surface area contributed by atoms with Crippen molar-refractivity contribution in [3.63, 3.8) is 0 Å². The van der Waals surface area contributed by atoms with Gasteiger partial charge < -0.3 is 4.74 Å². The van der Waals surface area contributed by atoms with Gasteiger partial charge in [-0.15, -0.1) is 23.1 Å². The highest BCUT2D eigenvalue weighted by atomic mass is 35.5. The van der Waals surface area contributed by atoms with Crippen molar-refractivity contribution >= 4 is 57.9 Å². The van der Waals surface area contributed by atoms with Crippen LogP contribution in [-0.4, -0.2) is 11.7 Å². The Bertz CT molecular complexity index is 1240. The molecule has 1 amide bonds. The average molecular weight is 498 g/mol. The first-order valence-corrected chi connectivity index (χ1v) is 12.6. The zero-order valence-corrected chi connectivity index (χ0v) is 19.8. The summed E-state index contributed by atoms with van der Waals surface area (Å²) in [5, 5.41) is 3.01. The quantitative estimate of drug-likeness (QED) is 0.277. The minimum Gasteiger partial charge on any atom is -0.456 e. The van der Waals surface area contributed by atoms with Gasteiger partial charge in [-0.3, -0.25) is 9.69 Å². The van der Waals surface area contributed by atoms with E-state index in [9.17, 15) is 4.79 Å². The third-order valence-corrected chi connectivity index (χ3v) is 7.77. The lowest BCUT2D eigenvalue weighted by Gasteiger charge is -2.24. The lowest BCUT2D eigenvalue weighted by atomic mass is 10.1. The molecule has 3 aromatic carbocycles. The van der Waals surface area contributed by atoms with Gasteiger partial charge in [-0.05, 0) is 65.0 Å². The molecule has 7 heteroatoms. The normalized spacial score (nSPS) is 15.9. The lowest BCUT2D eigenvalue weighted by molar-refractivity contribution is -0.115. The van der Waals surface area contributed by atoms with Gasteiger partial charge in [0.05, 0.1) is 10.8 Å². The maximum absolute atomic E-state index is 12.7. The van der Waals surface area contributed by atoms with Crippen LogP contribution in [0.25, 0.3) is 10.4 Å². The second-order valence-corrected chi connectivity index (χ2v) is 10.1. The van der Waals surface area contributed by atoms with Crippen molar-refractivity contribution < 1.29 is 9.53 Å². The third-order valence-electron chi connectivity index (χ3n) is 5.11. The number of rotatable bonds is 5. The Hall–Kier alpha value is -2.44. The fourth-order valence-electron chi connectivity index (χ4n) is 3.56. The van der Waals surface area contributed by atoms with E-state index in [4.69, 9.17) is 27.9 Å². The lowest BCUT2D eigenvalue weighted by Crippen LogP contribution is -2.27. The number of thioether (sulfide) groups is 1. The molecule has 1 atom stereocenters. The number of carbonyl (C=O) groups is 1. The summed E-state index contributed by atoms with van der Waals surface area (Å²) in [4.78, 5) is 15.8. The smallest absolute Gasteiger partial charge is 0.238 e. The second kappa shape index (κ2) is 9.20. The molecule has 2 heterocycles. The molecular formula is C25H17Cl2NO2S2. The van der Waals surface area contributed by atoms with Crippen LogP contribution in [0.1, 0.15) is 10.9 Å². The number of ether oxygens (including phenoxy) is 1. The number of carbonyl (C=O) groups excluding carboxylic acids is 1. The van der Waals surface area contributed by atoms with Gasteiger partial charge in [0.2, 0.25) is 5.91 Å². The van der Waals surface area contributed by atoms with Gasteiger partial charge in [0.1, 0.15) is 16.9 Å². The van der Waals surface area contributed by atoms with Crippen molar-refractivity contribution in [1.29, 1.82) is 0 Å². The maximum atomic E-state index is 12.7. The van der Waals surface area contributed by atoms with Crippen LogP contribution in [0.5, 0.6) is 11.5 Å². The van der Waals surface area contributed by atoms with Gasteiger partial charge in [0, 0.05) is 15.6 Å². The fourth-order valence-corrected chi connectivity index (χ4v) is 5.92. The third kappa shape index (κ3) is 4.39. The molecule has 32 heavy (non-hydrogen) atoms. The van der Waals surface area contributed by atoms with Gasteiger partial charge in [0.15, 0.2) is 0 Å². The van der Waals surface area contributed by atoms with E-state index in [1.165, 1.54) is 10.4 Å². The van der Waals surface area contributed by atoms with E-state index in [2.05, 4.69) is 41.8 Å². The van der Waals surface area contributed by atoms with E-state index >= 15 is 0 Å². The van der Waals surface area contributed by atoms with Gasteiger partial charge in [-0.2, -0.15) is 0 Å². The Morgan fingerprint density at radius 1 is 0.938 bits per heavy atom. The Morgan fingerprint density at radius 2 is 1.72 bits per heavy atom. The summed E-state index contributed by atoms with van der Waals surface area (Å²) in [6.45, 7) is 0. The Morgan fingerprint density at radius 3 is 2.41 bits per heavy atom. The maximum Gasteiger partial charge on any atom is 0.238 e. The monoisotopic (exact) mass is 497 g/mol. The molecule has 3 nitrogen and oxygen atoms in total. The number of benzene rings is 3. The highest BCUT2D eigenvalue weighted by Gasteiger charge is 2.34. The van der Waals surface area contributed by atoms with Crippen LogP contribution < -0.4 is 9.64 Å². The molecule has 0 spiro atoms. The second-order valence-electron chi connectivity index (χ2n) is 7.20. The standard InChI is InChI=1S/C25H17Cl2NO2S2/c26-18-7-12-22(21(27)14-18)30-20-10-8-19(9-11-20)28-24(29)15-32-25(28)17-5-3-16(4-6-17)23-2-1-13-31-23/h1-14,25H,15H2. The van der Waals surface area contributed by atoms with Crippen molar-refractivity contribution in [2.24, 2.45) is 0 Å². The first kappa shape index (κ1) is 21.4. The summed E-state index contributed by atoms with van der Waals surface area (Å²) in [5.41, 5.74) is 3.13. The molecule has 4 aromatic rings. The number of hydrogen-bond acceptors (Lipinski definition) is 4. The van der Waals surface area contributed by atoms with Crippen molar-refractivity contribution in [3.8, 4) is 21.9 Å². The van der Waals surface area contributed by atoms with Crippen LogP contribution >= 0.6 is 46.3 Å². The predicted octanol–water partition coefficient (Wildman–Crippen LogP) is 8.29. The van der Waals surface area contributed by atoms with Crippen LogP contribution in [0.2, 0.25) is 10.0 Å². The number of thiophene rings is 1. The molecule has 0 bridgehead atoms. The first-order chi connectivity index (χ1) is 15.6. The molecule has 5 rings (SSSR count). The number of anilines is 1. The first-order valence-electron chi connectivity index (χ1n) is 9.89. The zero-order valence-electron chi connectivity index (χ0n) is 16.7. The molecule has 1 saturated heterocycles. The molecule has 0 N–H and O–H groups in total. The molecule has 1 aromatic heterocycles. The van der Waals surface area contributed by atoms with Crippen LogP contribution in [-0.2, 0) is 4.79 Å². The number of hydrogen-bond donors (Lipinski definition) is 0. The molecule has 1 aliphatic rings. The largest absolute Gasteiger partial charge is 0.456 e. The highest BCUT2D eigenvalue weighted by Crippen LogP contribution is 2.43. The van der Waals surface area contributed by atoms with Crippen molar-refractivity contribution in [1.82, 2.24) is 0 Å². The van der Waals surface area contributed by atoms with E-state index in [1.54, 1.807) is 41.3 Å². The molecule has 0 radical (unpaired) electrons. The molecule has 1 aliphatic heterocycles. The average Bonchev–Trinajstić information content (AvgIpc) is 3.47. The predicted molar refractivity (Wildman–Crippen MR) is 135 cm³/mol. The summed E-state index contributed by atoms with van der Waals surface area (Å²) in [7, 11) is 0. The molecule has 160 valence electrons. The number of amides is 1. The van der Waals surface area contributed by atoms with E-state index in [0.29, 0.717) is 27.3 Å². The number of nitrogens with zero attached hydrogens (tertiary/aromatic N) is 1. The van der Waals surface area contributed by atoms with Gasteiger partial charge in [-0.1, -0.05) is 53.5 Å². The zero-order chi connectivity index (χ0) is 22.1. The summed E-state index contributed by atoms with van der Waals surface area (Å²) in [6, 6.07) is 25.2. The fraction of sp³-hybridized carbons (Fsp3) is 0.0800. The molecule has 0 saturated carbocycles. The summed E-state index contributed by atoms with van der Waals surface area (Å²) >= 11 is 15.5. The Balaban J connectivity index is 1.36. The minimum absolute atomic E-state index is 0.0580. The molecular weight excluding hydrogens is 481 g/mol. The van der Waals surface area contributed by atoms with Gasteiger partial charge in [-0.25, -0.2) is 0 Å². The number of halogens is 2. The van der Waals surface area contributed by atoms with Crippen LogP contribution in [0.15, 0.2) is 84.2 Å². The summed E-state index contributed by atoms with van der Waals surface area (Å²) in [5.74, 6) is 1.71. The van der Waals surface area contributed by atoms with Crippen LogP contribution in [0.4, 0.5) is 5.69 Å². The van der Waals surface area contributed by atoms with Crippen LogP contribution in [0, 0.1) is 0 Å². The Labute approximate surface area is 204 Å². The van der Waals surface area contributed by atoms with Gasteiger partial charge >= 0.3 is 0 Å². The van der Waals surface area contributed by atoms with Crippen molar-refractivity contribution in [2.45, 2.75) is 5.37 Å². The minimum atomic E-state index is -0.0580. The van der Waals surface area contributed by atoms with E-state index in [-0.39, 0.29) is 11.3 Å². The van der Waals surface area contributed by atoms with Crippen molar-refractivity contribution in [2.75, 3.05) is 10.7 Å². The Kier molecular flexibility index (Phi) is 6.15. The van der Waals surface area contributed by atoms with E-state index < -0.39 is 0 Å². The van der Waals surface area contributed by atoms with Gasteiger partial charge in [0.25, 0.3) is 0 Å². The summed E-state index contributed by atoms with van der Waals surface area (Å²) in [6.07, 6.45) is 0. The van der Waals surface area contributed by atoms with Crippen LogP contribution in [0.3, 0.4) is 0 Å². The molecule has 0 aliphatic carbocycles.